The number of nitrogens with zero attached hydrogens (tertiary/aromatic N) is 2. The number of benzene rings is 1. The molecule has 0 aliphatic carbocycles. The highest BCUT2D eigenvalue weighted by Gasteiger charge is 2.12. The van der Waals surface area contributed by atoms with E-state index in [1.54, 1.807) is 12.4 Å². The monoisotopic (exact) mass is 275 g/mol. The van der Waals surface area contributed by atoms with Gasteiger partial charge in [-0.3, -0.25) is 14.8 Å². The summed E-state index contributed by atoms with van der Waals surface area (Å²) in [6.07, 6.45) is 3.18. The minimum atomic E-state index is -0.628. The molecule has 1 N–H and O–H groups in total. The van der Waals surface area contributed by atoms with E-state index in [2.05, 4.69) is 15.3 Å². The van der Waals surface area contributed by atoms with E-state index in [1.807, 2.05) is 6.92 Å². The second-order valence-corrected chi connectivity index (χ2v) is 4.18. The summed E-state index contributed by atoms with van der Waals surface area (Å²) in [7, 11) is 1.44. The summed E-state index contributed by atoms with van der Waals surface area (Å²) in [5.41, 5.74) is 1.37. The van der Waals surface area contributed by atoms with E-state index in [1.165, 1.54) is 25.3 Å². The largest absolute Gasteiger partial charge is 0.497 e. The van der Waals surface area contributed by atoms with Crippen LogP contribution in [0.25, 0.3) is 0 Å². The van der Waals surface area contributed by atoms with Crippen LogP contribution in [0.3, 0.4) is 0 Å². The summed E-state index contributed by atoms with van der Waals surface area (Å²) in [5.74, 6) is -0.771. The Kier molecular flexibility index (Phi) is 4.24. The maximum Gasteiger partial charge on any atom is 0.254 e. The fourth-order valence-corrected chi connectivity index (χ4v) is 1.58. The van der Waals surface area contributed by atoms with E-state index in [0.717, 1.165) is 5.69 Å². The maximum absolute atomic E-state index is 13.7. The van der Waals surface area contributed by atoms with Gasteiger partial charge in [-0.2, -0.15) is 0 Å². The highest BCUT2D eigenvalue weighted by molar-refractivity contribution is 5.94. The van der Waals surface area contributed by atoms with Gasteiger partial charge in [-0.05, 0) is 19.1 Å². The van der Waals surface area contributed by atoms with Crippen LogP contribution in [0.2, 0.25) is 0 Å². The number of nitrogens with one attached hydrogen (secondary N) is 1. The molecular formula is C14H14FN3O2. The molecule has 5 nitrogen and oxygen atoms in total. The van der Waals surface area contributed by atoms with Crippen molar-refractivity contribution >= 4 is 5.91 Å². The van der Waals surface area contributed by atoms with Gasteiger partial charge in [-0.15, -0.1) is 0 Å². The topological polar surface area (TPSA) is 64.1 Å². The number of hydrogen-bond acceptors (Lipinski definition) is 4. The van der Waals surface area contributed by atoms with Gasteiger partial charge < -0.3 is 10.1 Å². The van der Waals surface area contributed by atoms with E-state index in [-0.39, 0.29) is 12.1 Å². The lowest BCUT2D eigenvalue weighted by molar-refractivity contribution is 0.0946. The van der Waals surface area contributed by atoms with Gasteiger partial charge in [0.2, 0.25) is 0 Å². The molecule has 0 aliphatic heterocycles. The zero-order valence-electron chi connectivity index (χ0n) is 11.2. The fourth-order valence-electron chi connectivity index (χ4n) is 1.58. The van der Waals surface area contributed by atoms with E-state index >= 15 is 0 Å². The van der Waals surface area contributed by atoms with Crippen LogP contribution >= 0.6 is 0 Å². The number of ether oxygens (including phenoxy) is 1. The number of carbonyl (C=O) groups is 1. The molecular weight excluding hydrogens is 261 g/mol. The Labute approximate surface area is 115 Å². The van der Waals surface area contributed by atoms with Crippen molar-refractivity contribution in [3.63, 3.8) is 0 Å². The zero-order valence-corrected chi connectivity index (χ0v) is 11.2. The van der Waals surface area contributed by atoms with Gasteiger partial charge in [0.05, 0.1) is 36.8 Å². The lowest BCUT2D eigenvalue weighted by Gasteiger charge is -2.07. The average Bonchev–Trinajstić information content (AvgIpc) is 2.46. The number of methoxy groups -OCH3 is 1. The molecule has 0 unspecified atom stereocenters. The van der Waals surface area contributed by atoms with Gasteiger partial charge in [-0.25, -0.2) is 4.39 Å². The van der Waals surface area contributed by atoms with Crippen LogP contribution in [-0.2, 0) is 6.54 Å². The molecule has 104 valence electrons. The Balaban J connectivity index is 2.03. The van der Waals surface area contributed by atoms with Crippen LogP contribution in [0, 0.1) is 12.7 Å². The molecule has 1 aromatic carbocycles. The van der Waals surface area contributed by atoms with Crippen molar-refractivity contribution in [3.05, 3.63) is 53.4 Å². The molecule has 0 aliphatic rings. The molecule has 1 amide bonds. The number of aromatic nitrogens is 2. The summed E-state index contributed by atoms with van der Waals surface area (Å²) in [4.78, 5) is 20.0. The molecule has 0 spiro atoms. The van der Waals surface area contributed by atoms with E-state index < -0.39 is 11.7 Å². The molecule has 0 saturated carbocycles. The zero-order chi connectivity index (χ0) is 14.5. The third-order valence-electron chi connectivity index (χ3n) is 2.69. The maximum atomic E-state index is 13.7. The number of carbonyl (C=O) groups excluding carboxylic acids is 1. The summed E-state index contributed by atoms with van der Waals surface area (Å²) >= 11 is 0. The molecule has 0 bridgehead atoms. The van der Waals surface area contributed by atoms with Gasteiger partial charge in [-0.1, -0.05) is 0 Å². The molecule has 2 aromatic rings. The summed E-state index contributed by atoms with van der Waals surface area (Å²) in [6.45, 7) is 2.01. The molecule has 6 heteroatoms. The number of amides is 1. The number of aryl methyl sites for hydroxylation is 1. The van der Waals surface area contributed by atoms with Crippen LogP contribution in [0.5, 0.6) is 5.75 Å². The highest BCUT2D eigenvalue weighted by Crippen LogP contribution is 2.16. The van der Waals surface area contributed by atoms with Crippen molar-refractivity contribution in [2.45, 2.75) is 13.5 Å². The second-order valence-electron chi connectivity index (χ2n) is 4.18. The first-order chi connectivity index (χ1) is 9.60. The normalized spacial score (nSPS) is 10.2. The van der Waals surface area contributed by atoms with Gasteiger partial charge in [0, 0.05) is 12.3 Å². The number of rotatable bonds is 4. The molecule has 0 radical (unpaired) electrons. The molecule has 0 atom stereocenters. The number of halogens is 1. The standard InChI is InChI=1S/C14H14FN3O2/c1-9-6-17-10(7-16-9)8-18-14(19)12-4-3-11(20-2)5-13(12)15/h3-7H,8H2,1-2H3,(H,18,19). The molecule has 1 aromatic heterocycles. The van der Waals surface area contributed by atoms with Crippen molar-refractivity contribution in [1.82, 2.24) is 15.3 Å². The van der Waals surface area contributed by atoms with Gasteiger partial charge in [0.25, 0.3) is 5.91 Å². The van der Waals surface area contributed by atoms with Crippen LogP contribution in [0.15, 0.2) is 30.6 Å². The van der Waals surface area contributed by atoms with Crippen molar-refractivity contribution < 1.29 is 13.9 Å². The minimum Gasteiger partial charge on any atom is -0.497 e. The molecule has 1 heterocycles. The van der Waals surface area contributed by atoms with Crippen LogP contribution in [-0.4, -0.2) is 23.0 Å². The average molecular weight is 275 g/mol. The Morgan fingerprint density at radius 2 is 2.15 bits per heavy atom. The van der Waals surface area contributed by atoms with E-state index in [0.29, 0.717) is 11.4 Å². The highest BCUT2D eigenvalue weighted by atomic mass is 19.1. The Morgan fingerprint density at radius 3 is 2.75 bits per heavy atom. The Morgan fingerprint density at radius 1 is 1.35 bits per heavy atom. The van der Waals surface area contributed by atoms with E-state index in [9.17, 15) is 9.18 Å². The SMILES string of the molecule is COc1ccc(C(=O)NCc2cnc(C)cn2)c(F)c1. The van der Waals surface area contributed by atoms with Crippen LogP contribution in [0.4, 0.5) is 4.39 Å². The first-order valence-electron chi connectivity index (χ1n) is 5.99. The van der Waals surface area contributed by atoms with Gasteiger partial charge in [0.1, 0.15) is 11.6 Å². The van der Waals surface area contributed by atoms with Crippen molar-refractivity contribution in [2.75, 3.05) is 7.11 Å². The first kappa shape index (κ1) is 13.9. The Hall–Kier alpha value is -2.50. The van der Waals surface area contributed by atoms with Crippen molar-refractivity contribution in [3.8, 4) is 5.75 Å². The summed E-state index contributed by atoms with van der Waals surface area (Å²) in [5, 5.41) is 2.59. The predicted octanol–water partition coefficient (Wildman–Crippen LogP) is 1.86. The predicted molar refractivity (Wildman–Crippen MR) is 70.9 cm³/mol. The third-order valence-corrected chi connectivity index (χ3v) is 2.69. The fraction of sp³-hybridized carbons (Fsp3) is 0.214. The van der Waals surface area contributed by atoms with Crippen molar-refractivity contribution in [2.24, 2.45) is 0 Å². The first-order valence-corrected chi connectivity index (χ1v) is 5.99. The quantitative estimate of drug-likeness (QED) is 0.925. The number of hydrogen-bond donors (Lipinski definition) is 1. The second kappa shape index (κ2) is 6.10. The summed E-state index contributed by atoms with van der Waals surface area (Å²) < 4.78 is 18.6. The molecule has 2 rings (SSSR count). The summed E-state index contributed by atoms with van der Waals surface area (Å²) in [6, 6.07) is 4.08. The van der Waals surface area contributed by atoms with Crippen molar-refractivity contribution in [1.29, 1.82) is 0 Å². The lowest BCUT2D eigenvalue weighted by atomic mass is 10.2. The molecule has 0 saturated heterocycles. The Bertz CT molecular complexity index is 614. The molecule has 20 heavy (non-hydrogen) atoms. The third kappa shape index (κ3) is 3.28. The van der Waals surface area contributed by atoms with Gasteiger partial charge in [0.15, 0.2) is 0 Å². The molecule has 0 fully saturated rings. The smallest absolute Gasteiger partial charge is 0.254 e. The van der Waals surface area contributed by atoms with E-state index in [4.69, 9.17) is 4.74 Å². The van der Waals surface area contributed by atoms with Crippen LogP contribution < -0.4 is 10.1 Å². The van der Waals surface area contributed by atoms with Gasteiger partial charge >= 0.3 is 0 Å². The lowest BCUT2D eigenvalue weighted by Crippen LogP contribution is -2.24. The minimum absolute atomic E-state index is 0.0362. The van der Waals surface area contributed by atoms with Crippen LogP contribution in [0.1, 0.15) is 21.7 Å².